The number of hydrogen-bond acceptors (Lipinski definition) is 3. The largest absolute Gasteiger partial charge is 0.416 e. The van der Waals surface area contributed by atoms with E-state index < -0.39 is 70.3 Å². The van der Waals surface area contributed by atoms with E-state index in [0.717, 1.165) is 36.4 Å². The molecule has 3 aromatic rings. The smallest absolute Gasteiger partial charge is 0.294 e. The number of halogens is 9. The van der Waals surface area contributed by atoms with E-state index in [2.05, 4.69) is 0 Å². The van der Waals surface area contributed by atoms with E-state index in [1.807, 2.05) is 0 Å². The molecule has 0 bridgehead atoms. The number of carbonyl (C=O) groups is 3. The molecule has 0 heterocycles. The maximum Gasteiger partial charge on any atom is 0.416 e. The molecule has 0 amide bonds. The maximum atomic E-state index is 13.1. The Hall–Kier alpha value is -3.96. The second-order valence-electron chi connectivity index (χ2n) is 8.90. The Balaban J connectivity index is 1.66. The number of carbonyl (C=O) groups excluding carboxylic acids is 3. The van der Waals surface area contributed by atoms with Gasteiger partial charge in [0.1, 0.15) is 0 Å². The summed E-state index contributed by atoms with van der Waals surface area (Å²) in [5.41, 5.74) is -3.90. The van der Waals surface area contributed by atoms with E-state index in [0.29, 0.717) is 36.4 Å². The first-order chi connectivity index (χ1) is 18.0. The molecule has 204 valence electrons. The Morgan fingerprint density at radius 3 is 0.718 bits per heavy atom. The van der Waals surface area contributed by atoms with Crippen molar-refractivity contribution in [3.05, 3.63) is 106 Å². The lowest BCUT2D eigenvalue weighted by molar-refractivity contribution is -0.138. The van der Waals surface area contributed by atoms with Crippen molar-refractivity contribution >= 4 is 17.3 Å². The molecule has 0 radical (unpaired) electrons. The maximum absolute atomic E-state index is 13.1. The van der Waals surface area contributed by atoms with Crippen molar-refractivity contribution in [2.75, 3.05) is 0 Å². The van der Waals surface area contributed by atoms with Gasteiger partial charge in [-0.05, 0) is 36.4 Å². The van der Waals surface area contributed by atoms with Gasteiger partial charge in [0.15, 0.2) is 17.3 Å². The molecule has 1 fully saturated rings. The van der Waals surface area contributed by atoms with E-state index in [1.54, 1.807) is 0 Å². The van der Waals surface area contributed by atoms with Crippen LogP contribution in [0.15, 0.2) is 72.8 Å². The highest BCUT2D eigenvalue weighted by molar-refractivity contribution is 6.16. The highest BCUT2D eigenvalue weighted by Gasteiger charge is 2.62. The lowest BCUT2D eigenvalue weighted by Gasteiger charge is -2.08. The molecule has 4 rings (SSSR count). The van der Waals surface area contributed by atoms with Crippen molar-refractivity contribution < 1.29 is 53.9 Å². The second kappa shape index (κ2) is 9.65. The van der Waals surface area contributed by atoms with Gasteiger partial charge in [0, 0.05) is 34.4 Å². The Labute approximate surface area is 214 Å². The summed E-state index contributed by atoms with van der Waals surface area (Å²) in [5, 5.41) is 0. The number of benzene rings is 3. The SMILES string of the molecule is O=C(c1ccc(C(F)(F)F)cc1)C1C(C(=O)c2ccc(C(F)(F)F)cc2)C1C(=O)c1ccc(C(F)(F)F)cc1. The molecule has 1 saturated carbocycles. The van der Waals surface area contributed by atoms with E-state index in [9.17, 15) is 53.9 Å². The van der Waals surface area contributed by atoms with Crippen molar-refractivity contribution in [1.29, 1.82) is 0 Å². The predicted octanol–water partition coefficient (Wildman–Crippen LogP) is 7.55. The highest BCUT2D eigenvalue weighted by Crippen LogP contribution is 2.52. The minimum absolute atomic E-state index is 0.249. The molecule has 0 N–H and O–H groups in total. The summed E-state index contributed by atoms with van der Waals surface area (Å²) in [6, 6.07) is 8.99. The molecule has 0 aromatic heterocycles. The van der Waals surface area contributed by atoms with Crippen LogP contribution in [0.5, 0.6) is 0 Å². The summed E-state index contributed by atoms with van der Waals surface area (Å²) in [6.45, 7) is 0. The molecule has 39 heavy (non-hydrogen) atoms. The standard InChI is InChI=1S/C27H15F9O3/c28-25(29,30)16-7-1-13(2-8-16)22(37)19-20(23(38)14-3-9-17(10-4-14)26(31,32)33)21(19)24(39)15-5-11-18(12-6-15)27(34,35)36/h1-12,19-21H. The first-order valence-electron chi connectivity index (χ1n) is 11.1. The molecule has 0 unspecified atom stereocenters. The molecule has 0 atom stereocenters. The molecule has 0 aliphatic heterocycles. The lowest BCUT2D eigenvalue weighted by atomic mass is 10.00. The zero-order valence-electron chi connectivity index (χ0n) is 19.3. The predicted molar refractivity (Wildman–Crippen MR) is 118 cm³/mol. The average molecular weight is 558 g/mol. The van der Waals surface area contributed by atoms with Crippen LogP contribution in [-0.4, -0.2) is 17.3 Å². The van der Waals surface area contributed by atoms with E-state index in [4.69, 9.17) is 0 Å². The third kappa shape index (κ3) is 5.74. The van der Waals surface area contributed by atoms with Crippen molar-refractivity contribution in [3.8, 4) is 0 Å². The van der Waals surface area contributed by atoms with Crippen LogP contribution in [0.3, 0.4) is 0 Å². The van der Waals surface area contributed by atoms with Crippen LogP contribution in [0.25, 0.3) is 0 Å². The van der Waals surface area contributed by atoms with Gasteiger partial charge >= 0.3 is 18.5 Å². The quantitative estimate of drug-likeness (QED) is 0.232. The van der Waals surface area contributed by atoms with Crippen molar-refractivity contribution in [1.82, 2.24) is 0 Å². The van der Waals surface area contributed by atoms with Gasteiger partial charge in [-0.3, -0.25) is 14.4 Å². The summed E-state index contributed by atoms with van der Waals surface area (Å²) in [7, 11) is 0. The Kier molecular flexibility index (Phi) is 6.95. The molecule has 1 aliphatic carbocycles. The lowest BCUT2D eigenvalue weighted by Crippen LogP contribution is -2.11. The Bertz CT molecular complexity index is 1220. The fourth-order valence-electron chi connectivity index (χ4n) is 4.34. The molecule has 0 spiro atoms. The third-order valence-corrected chi connectivity index (χ3v) is 6.42. The second-order valence-corrected chi connectivity index (χ2v) is 8.90. The number of ketones is 3. The van der Waals surface area contributed by atoms with E-state index >= 15 is 0 Å². The normalized spacial score (nSPS) is 19.5. The van der Waals surface area contributed by atoms with Crippen molar-refractivity contribution in [2.24, 2.45) is 17.8 Å². The first kappa shape index (κ1) is 28.1. The van der Waals surface area contributed by atoms with Gasteiger partial charge in [0.25, 0.3) is 0 Å². The van der Waals surface area contributed by atoms with Gasteiger partial charge in [0.05, 0.1) is 16.7 Å². The summed E-state index contributed by atoms with van der Waals surface area (Å²) < 4.78 is 116. The fraction of sp³-hybridized carbons (Fsp3) is 0.222. The molecule has 3 nitrogen and oxygen atoms in total. The van der Waals surface area contributed by atoms with Crippen LogP contribution < -0.4 is 0 Å². The van der Waals surface area contributed by atoms with Gasteiger partial charge in [-0.1, -0.05) is 36.4 Å². The van der Waals surface area contributed by atoms with Gasteiger partial charge < -0.3 is 0 Å². The van der Waals surface area contributed by atoms with Crippen LogP contribution in [0.2, 0.25) is 0 Å². The van der Waals surface area contributed by atoms with Crippen molar-refractivity contribution in [3.63, 3.8) is 0 Å². The van der Waals surface area contributed by atoms with Crippen LogP contribution >= 0.6 is 0 Å². The van der Waals surface area contributed by atoms with Crippen LogP contribution in [0, 0.1) is 17.8 Å². The number of Topliss-reactive ketones (excluding diaryl/α,β-unsaturated/α-hetero) is 3. The molecule has 1 aliphatic rings. The minimum Gasteiger partial charge on any atom is -0.294 e. The zero-order chi connectivity index (χ0) is 28.9. The van der Waals surface area contributed by atoms with Gasteiger partial charge in [-0.25, -0.2) is 0 Å². The summed E-state index contributed by atoms with van der Waals surface area (Å²) >= 11 is 0. The third-order valence-electron chi connectivity index (χ3n) is 6.42. The molecular weight excluding hydrogens is 543 g/mol. The highest BCUT2D eigenvalue weighted by atomic mass is 19.4. The van der Waals surface area contributed by atoms with Gasteiger partial charge in [-0.15, -0.1) is 0 Å². The minimum atomic E-state index is -4.69. The van der Waals surface area contributed by atoms with Crippen LogP contribution in [0.1, 0.15) is 47.8 Å². The van der Waals surface area contributed by atoms with E-state index in [1.165, 1.54) is 0 Å². The summed E-state index contributed by atoms with van der Waals surface area (Å²) in [4.78, 5) is 39.4. The number of rotatable bonds is 6. The molecule has 0 saturated heterocycles. The fourth-order valence-corrected chi connectivity index (χ4v) is 4.34. The zero-order valence-corrected chi connectivity index (χ0v) is 19.3. The van der Waals surface area contributed by atoms with Crippen LogP contribution in [-0.2, 0) is 18.5 Å². The Morgan fingerprint density at radius 2 is 0.564 bits per heavy atom. The molecule has 12 heteroatoms. The molecular formula is C27H15F9O3. The first-order valence-corrected chi connectivity index (χ1v) is 11.1. The summed E-state index contributed by atoms with van der Waals surface area (Å²) in [6.07, 6.45) is -14.1. The van der Waals surface area contributed by atoms with Gasteiger partial charge in [0.2, 0.25) is 0 Å². The topological polar surface area (TPSA) is 51.2 Å². The monoisotopic (exact) mass is 558 g/mol. The molecule has 3 aromatic carbocycles. The van der Waals surface area contributed by atoms with E-state index in [-0.39, 0.29) is 16.7 Å². The number of alkyl halides is 9. The van der Waals surface area contributed by atoms with Gasteiger partial charge in [-0.2, -0.15) is 39.5 Å². The Morgan fingerprint density at radius 1 is 0.385 bits per heavy atom. The van der Waals surface area contributed by atoms with Crippen LogP contribution in [0.4, 0.5) is 39.5 Å². The summed E-state index contributed by atoms with van der Waals surface area (Å²) in [5.74, 6) is -6.73. The number of hydrogen-bond donors (Lipinski definition) is 0. The average Bonchev–Trinajstić information content (AvgIpc) is 3.61. The van der Waals surface area contributed by atoms with Crippen molar-refractivity contribution in [2.45, 2.75) is 18.5 Å².